The van der Waals surface area contributed by atoms with Crippen molar-refractivity contribution in [1.29, 1.82) is 0 Å². The highest BCUT2D eigenvalue weighted by molar-refractivity contribution is 6.30. The van der Waals surface area contributed by atoms with E-state index in [0.717, 1.165) is 0 Å². The lowest BCUT2D eigenvalue weighted by molar-refractivity contribution is -0.127. The first-order valence-corrected chi connectivity index (χ1v) is 5.78. The van der Waals surface area contributed by atoms with E-state index in [9.17, 15) is 4.79 Å². The molecule has 1 aromatic carbocycles. The van der Waals surface area contributed by atoms with Crippen molar-refractivity contribution < 1.29 is 9.53 Å². The van der Waals surface area contributed by atoms with Crippen LogP contribution in [0.1, 0.15) is 6.92 Å². The molecular formula is C12H13Cl2NO2. The molecule has 0 fully saturated rings. The van der Waals surface area contributed by atoms with Crippen molar-refractivity contribution in [1.82, 2.24) is 5.32 Å². The van der Waals surface area contributed by atoms with Crippen LogP contribution in [0.25, 0.3) is 0 Å². The van der Waals surface area contributed by atoms with Gasteiger partial charge in [0, 0.05) is 10.1 Å². The van der Waals surface area contributed by atoms with Crippen molar-refractivity contribution in [2.75, 3.05) is 6.54 Å². The molecule has 0 aliphatic carbocycles. The fourth-order valence-corrected chi connectivity index (χ4v) is 1.37. The van der Waals surface area contributed by atoms with Gasteiger partial charge in [-0.05, 0) is 25.1 Å². The molecule has 1 rings (SSSR count). The van der Waals surface area contributed by atoms with Crippen molar-refractivity contribution in [3.8, 4) is 5.75 Å². The Hall–Kier alpha value is -1.19. The number of hydrogen-bond donors (Lipinski definition) is 1. The summed E-state index contributed by atoms with van der Waals surface area (Å²) in [6, 6.07) is 6.86. The molecule has 0 saturated heterocycles. The van der Waals surface area contributed by atoms with Crippen molar-refractivity contribution >= 4 is 29.1 Å². The van der Waals surface area contributed by atoms with Gasteiger partial charge in [-0.2, -0.15) is 0 Å². The third kappa shape index (κ3) is 5.11. The minimum absolute atomic E-state index is 0.226. The minimum Gasteiger partial charge on any atom is -0.481 e. The lowest BCUT2D eigenvalue weighted by atomic mass is 10.3. The van der Waals surface area contributed by atoms with Crippen LogP contribution in [0.4, 0.5) is 0 Å². The summed E-state index contributed by atoms with van der Waals surface area (Å²) in [5, 5.41) is 3.52. The molecule has 1 amide bonds. The smallest absolute Gasteiger partial charge is 0.261 e. The zero-order valence-electron chi connectivity index (χ0n) is 9.37. The van der Waals surface area contributed by atoms with E-state index in [1.807, 2.05) is 0 Å². The molecule has 1 aromatic rings. The van der Waals surface area contributed by atoms with Gasteiger partial charge in [0.25, 0.3) is 5.91 Å². The van der Waals surface area contributed by atoms with E-state index in [2.05, 4.69) is 11.9 Å². The molecule has 92 valence electrons. The summed E-state index contributed by atoms with van der Waals surface area (Å²) in [4.78, 5) is 11.6. The zero-order chi connectivity index (χ0) is 12.8. The van der Waals surface area contributed by atoms with Crippen LogP contribution in [0, 0.1) is 0 Å². The monoisotopic (exact) mass is 273 g/mol. The Kier molecular flexibility index (Phi) is 5.32. The van der Waals surface area contributed by atoms with E-state index in [0.29, 0.717) is 15.8 Å². The minimum atomic E-state index is -0.621. The SMILES string of the molecule is C=C(Cl)CNC(=O)C(C)Oc1cccc(Cl)c1. The molecule has 0 aliphatic heterocycles. The first kappa shape index (κ1) is 13.9. The Morgan fingerprint density at radius 3 is 2.88 bits per heavy atom. The van der Waals surface area contributed by atoms with E-state index in [1.165, 1.54) is 0 Å². The van der Waals surface area contributed by atoms with E-state index < -0.39 is 6.10 Å². The van der Waals surface area contributed by atoms with Gasteiger partial charge < -0.3 is 10.1 Å². The van der Waals surface area contributed by atoms with Crippen molar-refractivity contribution in [3.05, 3.63) is 40.9 Å². The van der Waals surface area contributed by atoms with Gasteiger partial charge in [-0.15, -0.1) is 0 Å². The van der Waals surface area contributed by atoms with Crippen LogP contribution in [0.3, 0.4) is 0 Å². The molecule has 0 aliphatic rings. The standard InChI is InChI=1S/C12H13Cl2NO2/c1-8(13)7-15-12(16)9(2)17-11-5-3-4-10(14)6-11/h3-6,9H,1,7H2,2H3,(H,15,16). The maximum Gasteiger partial charge on any atom is 0.261 e. The number of benzene rings is 1. The summed E-state index contributed by atoms with van der Waals surface area (Å²) < 4.78 is 5.42. The topological polar surface area (TPSA) is 38.3 Å². The number of nitrogens with one attached hydrogen (secondary N) is 1. The first-order valence-electron chi connectivity index (χ1n) is 5.02. The van der Waals surface area contributed by atoms with Gasteiger partial charge in [-0.25, -0.2) is 0 Å². The van der Waals surface area contributed by atoms with E-state index in [1.54, 1.807) is 31.2 Å². The summed E-state index contributed by atoms with van der Waals surface area (Å²) in [5.74, 6) is 0.289. The summed E-state index contributed by atoms with van der Waals surface area (Å²) in [6.07, 6.45) is -0.621. The number of carbonyl (C=O) groups excluding carboxylic acids is 1. The summed E-state index contributed by atoms with van der Waals surface area (Å²) in [7, 11) is 0. The quantitative estimate of drug-likeness (QED) is 0.896. The van der Waals surface area contributed by atoms with Crippen molar-refractivity contribution in [3.63, 3.8) is 0 Å². The average molecular weight is 274 g/mol. The first-order chi connectivity index (χ1) is 7.99. The van der Waals surface area contributed by atoms with Gasteiger partial charge >= 0.3 is 0 Å². The fraction of sp³-hybridized carbons (Fsp3) is 0.250. The zero-order valence-corrected chi connectivity index (χ0v) is 10.9. The molecule has 1 atom stereocenters. The van der Waals surface area contributed by atoms with E-state index in [4.69, 9.17) is 27.9 Å². The van der Waals surface area contributed by atoms with Gasteiger partial charge in [0.15, 0.2) is 6.10 Å². The Bertz CT molecular complexity index is 421. The molecular weight excluding hydrogens is 261 g/mol. The Balaban J connectivity index is 2.51. The predicted octanol–water partition coefficient (Wildman–Crippen LogP) is 2.98. The Morgan fingerprint density at radius 2 is 2.29 bits per heavy atom. The third-order valence-electron chi connectivity index (χ3n) is 1.93. The third-order valence-corrected chi connectivity index (χ3v) is 2.30. The van der Waals surface area contributed by atoms with Crippen LogP contribution in [0.2, 0.25) is 5.02 Å². The Morgan fingerprint density at radius 1 is 1.59 bits per heavy atom. The van der Waals surface area contributed by atoms with Crippen LogP contribution in [0.5, 0.6) is 5.75 Å². The number of rotatable bonds is 5. The molecule has 0 aromatic heterocycles. The van der Waals surface area contributed by atoms with Crippen LogP contribution >= 0.6 is 23.2 Å². The summed E-state index contributed by atoms with van der Waals surface area (Å²) >= 11 is 11.3. The molecule has 1 unspecified atom stereocenters. The van der Waals surface area contributed by atoms with E-state index >= 15 is 0 Å². The number of halogens is 2. The molecule has 5 heteroatoms. The van der Waals surface area contributed by atoms with Crippen LogP contribution in [0.15, 0.2) is 35.9 Å². The largest absolute Gasteiger partial charge is 0.481 e. The van der Waals surface area contributed by atoms with Gasteiger partial charge in [0.2, 0.25) is 0 Å². The number of hydrogen-bond acceptors (Lipinski definition) is 2. The number of ether oxygens (including phenoxy) is 1. The van der Waals surface area contributed by atoms with Crippen LogP contribution in [-0.4, -0.2) is 18.6 Å². The van der Waals surface area contributed by atoms with Gasteiger partial charge in [0.05, 0.1) is 6.54 Å². The van der Waals surface area contributed by atoms with Gasteiger partial charge in [-0.3, -0.25) is 4.79 Å². The molecule has 0 radical (unpaired) electrons. The summed E-state index contributed by atoms with van der Waals surface area (Å²) in [6.45, 7) is 5.35. The normalized spacial score (nSPS) is 11.7. The lowest BCUT2D eigenvalue weighted by Crippen LogP contribution is -2.36. The van der Waals surface area contributed by atoms with Gasteiger partial charge in [0.1, 0.15) is 5.75 Å². The summed E-state index contributed by atoms with van der Waals surface area (Å²) in [5.41, 5.74) is 0. The second-order valence-corrected chi connectivity index (χ2v) is 4.42. The Labute approximate surface area is 110 Å². The second kappa shape index (κ2) is 6.52. The fourth-order valence-electron chi connectivity index (χ4n) is 1.12. The number of amides is 1. The molecule has 0 saturated carbocycles. The molecule has 17 heavy (non-hydrogen) atoms. The number of carbonyl (C=O) groups is 1. The maximum absolute atomic E-state index is 11.6. The van der Waals surface area contributed by atoms with E-state index in [-0.39, 0.29) is 12.5 Å². The highest BCUT2D eigenvalue weighted by atomic mass is 35.5. The van der Waals surface area contributed by atoms with Crippen molar-refractivity contribution in [2.45, 2.75) is 13.0 Å². The van der Waals surface area contributed by atoms with Crippen molar-refractivity contribution in [2.24, 2.45) is 0 Å². The maximum atomic E-state index is 11.6. The lowest BCUT2D eigenvalue weighted by Gasteiger charge is -2.14. The van der Waals surface area contributed by atoms with Gasteiger partial charge in [-0.1, -0.05) is 35.8 Å². The molecule has 0 bridgehead atoms. The van der Waals surface area contributed by atoms with Crippen LogP contribution < -0.4 is 10.1 Å². The molecule has 0 spiro atoms. The predicted molar refractivity (Wildman–Crippen MR) is 69.5 cm³/mol. The highest BCUT2D eigenvalue weighted by Gasteiger charge is 2.14. The van der Waals surface area contributed by atoms with Crippen LogP contribution in [-0.2, 0) is 4.79 Å². The molecule has 1 N–H and O–H groups in total. The molecule has 3 nitrogen and oxygen atoms in total. The second-order valence-electron chi connectivity index (χ2n) is 3.45. The average Bonchev–Trinajstić information content (AvgIpc) is 2.25. The highest BCUT2D eigenvalue weighted by Crippen LogP contribution is 2.18. The molecule has 0 heterocycles.